The van der Waals surface area contributed by atoms with E-state index in [1.807, 2.05) is 41.7 Å². The summed E-state index contributed by atoms with van der Waals surface area (Å²) in [6.07, 6.45) is 7.34. The molecule has 1 fully saturated rings. The summed E-state index contributed by atoms with van der Waals surface area (Å²) in [6.45, 7) is 5.69. The summed E-state index contributed by atoms with van der Waals surface area (Å²) >= 11 is 6.93. The molecule has 0 radical (unpaired) electrons. The van der Waals surface area contributed by atoms with Crippen molar-refractivity contribution in [2.24, 2.45) is 7.05 Å². The quantitative estimate of drug-likeness (QED) is 0.274. The van der Waals surface area contributed by atoms with E-state index in [0.29, 0.717) is 28.9 Å². The van der Waals surface area contributed by atoms with E-state index in [1.165, 1.54) is 11.3 Å². The van der Waals surface area contributed by atoms with Crippen LogP contribution in [0.5, 0.6) is 0 Å². The second-order valence-electron chi connectivity index (χ2n) is 8.55. The maximum atomic E-state index is 13.0. The normalized spacial score (nSPS) is 13.9. The molecule has 190 valence electrons. The number of piperidine rings is 1. The fourth-order valence-corrected chi connectivity index (χ4v) is 5.36. The molecule has 0 aliphatic carbocycles. The Morgan fingerprint density at radius 1 is 1.33 bits per heavy atom. The Morgan fingerprint density at radius 2 is 2.11 bits per heavy atom. The highest BCUT2D eigenvalue weighted by Crippen LogP contribution is 2.30. The summed E-state index contributed by atoms with van der Waals surface area (Å²) in [4.78, 5) is 35.7. The molecule has 0 bridgehead atoms. The third kappa shape index (κ3) is 6.05. The number of hydrogen-bond donors (Lipinski definition) is 2. The van der Waals surface area contributed by atoms with E-state index < -0.39 is 0 Å². The van der Waals surface area contributed by atoms with Crippen molar-refractivity contribution in [3.05, 3.63) is 52.6 Å². The van der Waals surface area contributed by atoms with Crippen LogP contribution in [0.4, 0.5) is 5.69 Å². The largest absolute Gasteiger partial charge is 0.465 e. The minimum absolute atomic E-state index is 0.0680. The molecule has 3 aromatic rings. The van der Waals surface area contributed by atoms with Crippen LogP contribution in [0.1, 0.15) is 46.9 Å². The zero-order chi connectivity index (χ0) is 25.7. The second-order valence-corrected chi connectivity index (χ2v) is 9.82. The van der Waals surface area contributed by atoms with Crippen molar-refractivity contribution < 1.29 is 18.9 Å². The number of esters is 1. The zero-order valence-corrected chi connectivity index (χ0v) is 22.2. The number of anilines is 1. The first kappa shape index (κ1) is 25.7. The predicted molar refractivity (Wildman–Crippen MR) is 140 cm³/mol. The van der Waals surface area contributed by atoms with Crippen LogP contribution in [0.3, 0.4) is 0 Å². The number of imidazole rings is 1. The van der Waals surface area contributed by atoms with Crippen molar-refractivity contribution >= 4 is 46.2 Å². The van der Waals surface area contributed by atoms with Crippen LogP contribution in [0, 0.1) is 6.92 Å². The standard InChI is InChI=1S/C24H29N7O3S2/c1-4-34-20(32)12-26-24(35)30-10-7-17(8-11-30)23-28-19(14-36-23)22(33)27-18-6-5-9-25-21(18)31-15-29(3)13-16(31)2/h5-6,9,13-15,17H,4,7-8,10-12H2,1-3H3,(H-,26,27,33,35)/p+1. The monoisotopic (exact) mass is 528 g/mol. The molecule has 4 rings (SSSR count). The van der Waals surface area contributed by atoms with Crippen molar-refractivity contribution in [2.45, 2.75) is 32.6 Å². The van der Waals surface area contributed by atoms with Crippen LogP contribution < -0.4 is 15.2 Å². The summed E-state index contributed by atoms with van der Waals surface area (Å²) in [5.74, 6) is 0.332. The van der Waals surface area contributed by atoms with Gasteiger partial charge in [0.05, 0.1) is 18.7 Å². The first-order valence-corrected chi connectivity index (χ1v) is 13.1. The second kappa shape index (κ2) is 11.6. The van der Waals surface area contributed by atoms with Crippen LogP contribution in [0.25, 0.3) is 5.82 Å². The molecule has 4 heterocycles. The van der Waals surface area contributed by atoms with Gasteiger partial charge in [0.1, 0.15) is 29.8 Å². The molecule has 10 nitrogen and oxygen atoms in total. The van der Waals surface area contributed by atoms with Gasteiger partial charge in [-0.05, 0) is 44.1 Å². The molecule has 36 heavy (non-hydrogen) atoms. The summed E-state index contributed by atoms with van der Waals surface area (Å²) in [5, 5.41) is 9.25. The summed E-state index contributed by atoms with van der Waals surface area (Å²) < 4.78 is 8.80. The molecule has 0 aromatic carbocycles. The zero-order valence-electron chi connectivity index (χ0n) is 20.6. The Bertz CT molecular complexity index is 1250. The van der Waals surface area contributed by atoms with E-state index >= 15 is 0 Å². The van der Waals surface area contributed by atoms with Crippen LogP contribution in [-0.4, -0.2) is 62.7 Å². The fraction of sp³-hybridized carbons (Fsp3) is 0.417. The third-order valence-corrected chi connectivity index (χ3v) is 7.32. The van der Waals surface area contributed by atoms with Crippen LogP contribution >= 0.6 is 23.6 Å². The number of ether oxygens (including phenoxy) is 1. The van der Waals surface area contributed by atoms with E-state index in [1.54, 1.807) is 24.6 Å². The van der Waals surface area contributed by atoms with Crippen LogP contribution in [0.2, 0.25) is 0 Å². The highest BCUT2D eigenvalue weighted by molar-refractivity contribution is 7.80. The molecule has 0 unspecified atom stereocenters. The highest BCUT2D eigenvalue weighted by atomic mass is 32.1. The van der Waals surface area contributed by atoms with Gasteiger partial charge in [-0.2, -0.15) is 4.57 Å². The number of hydrogen-bond acceptors (Lipinski definition) is 7. The van der Waals surface area contributed by atoms with Gasteiger partial charge in [0.2, 0.25) is 12.1 Å². The number of thiazole rings is 1. The van der Waals surface area contributed by atoms with E-state index in [4.69, 9.17) is 17.0 Å². The number of aryl methyl sites for hydroxylation is 2. The Balaban J connectivity index is 1.35. The van der Waals surface area contributed by atoms with E-state index in [2.05, 4.69) is 25.5 Å². The van der Waals surface area contributed by atoms with Gasteiger partial charge in [-0.3, -0.25) is 9.59 Å². The number of pyridine rings is 1. The van der Waals surface area contributed by atoms with Crippen molar-refractivity contribution in [3.8, 4) is 5.82 Å². The molecule has 2 N–H and O–H groups in total. The minimum Gasteiger partial charge on any atom is -0.465 e. The van der Waals surface area contributed by atoms with Gasteiger partial charge in [0.25, 0.3) is 5.91 Å². The average Bonchev–Trinajstić information content (AvgIpc) is 3.49. The van der Waals surface area contributed by atoms with Crippen molar-refractivity contribution in [1.29, 1.82) is 0 Å². The smallest absolute Gasteiger partial charge is 0.325 e. The summed E-state index contributed by atoms with van der Waals surface area (Å²) in [6, 6.07) is 3.63. The van der Waals surface area contributed by atoms with Gasteiger partial charge in [-0.25, -0.2) is 14.5 Å². The molecule has 12 heteroatoms. The van der Waals surface area contributed by atoms with Gasteiger partial charge in [-0.15, -0.1) is 11.3 Å². The topological polar surface area (TPSA) is 105 Å². The number of thiocarbonyl (C=S) groups is 1. The van der Waals surface area contributed by atoms with Crippen LogP contribution in [-0.2, 0) is 16.6 Å². The summed E-state index contributed by atoms with van der Waals surface area (Å²) in [7, 11) is 1.94. The van der Waals surface area contributed by atoms with Crippen molar-refractivity contribution in [1.82, 2.24) is 24.8 Å². The lowest BCUT2D eigenvalue weighted by Crippen LogP contribution is -2.45. The predicted octanol–water partition coefficient (Wildman–Crippen LogP) is 2.33. The highest BCUT2D eigenvalue weighted by Gasteiger charge is 2.26. The van der Waals surface area contributed by atoms with Crippen molar-refractivity contribution in [3.63, 3.8) is 0 Å². The Labute approximate surface area is 219 Å². The van der Waals surface area contributed by atoms with E-state index in [9.17, 15) is 9.59 Å². The SMILES string of the molecule is CCOC(=O)CNC(=S)N1CCC(c2nc(C(=O)Nc3cccnc3-n3c[n+](C)cc3C)cs2)CC1. The van der Waals surface area contributed by atoms with Gasteiger partial charge >= 0.3 is 5.97 Å². The maximum absolute atomic E-state index is 13.0. The molecule has 1 aliphatic rings. The lowest BCUT2D eigenvalue weighted by Gasteiger charge is -2.33. The molecule has 0 spiro atoms. The number of aromatic nitrogens is 4. The van der Waals surface area contributed by atoms with E-state index in [0.717, 1.165) is 36.6 Å². The van der Waals surface area contributed by atoms with Gasteiger partial charge < -0.3 is 20.3 Å². The first-order valence-electron chi connectivity index (χ1n) is 11.8. The molecule has 3 aromatic heterocycles. The van der Waals surface area contributed by atoms with Gasteiger partial charge in [-0.1, -0.05) is 0 Å². The third-order valence-electron chi connectivity index (χ3n) is 5.91. The minimum atomic E-state index is -0.320. The lowest BCUT2D eigenvalue weighted by molar-refractivity contribution is -0.670. The van der Waals surface area contributed by atoms with Crippen LogP contribution in [0.15, 0.2) is 36.2 Å². The molecule has 1 amide bonds. The first-order chi connectivity index (χ1) is 17.4. The molecule has 0 atom stereocenters. The van der Waals surface area contributed by atoms with Gasteiger partial charge in [0, 0.05) is 37.5 Å². The summed E-state index contributed by atoms with van der Waals surface area (Å²) in [5.41, 5.74) is 2.02. The Morgan fingerprint density at radius 3 is 2.81 bits per heavy atom. The lowest BCUT2D eigenvalue weighted by atomic mass is 9.98. The Hall–Kier alpha value is -3.38. The van der Waals surface area contributed by atoms with E-state index in [-0.39, 0.29) is 24.3 Å². The van der Waals surface area contributed by atoms with Gasteiger partial charge in [0.15, 0.2) is 5.11 Å². The number of rotatable bonds is 7. The molecule has 1 aliphatic heterocycles. The average molecular weight is 529 g/mol. The van der Waals surface area contributed by atoms with Crippen molar-refractivity contribution in [2.75, 3.05) is 31.6 Å². The Kier molecular flexibility index (Phi) is 8.26. The molecule has 1 saturated heterocycles. The number of amides is 1. The fourth-order valence-electron chi connectivity index (χ4n) is 4.14. The number of carbonyl (C=O) groups is 2. The molecule has 0 saturated carbocycles. The number of carbonyl (C=O) groups excluding carboxylic acids is 2. The number of nitrogens with one attached hydrogen (secondary N) is 2. The maximum Gasteiger partial charge on any atom is 0.325 e. The molecular formula is C24H30N7O3S2+. The molecular weight excluding hydrogens is 498 g/mol. The number of likely N-dealkylation sites (tertiary alicyclic amines) is 1. The number of nitrogens with zero attached hydrogens (tertiary/aromatic N) is 5.